The average molecular weight is 462 g/mol. The van der Waals surface area contributed by atoms with E-state index in [1.165, 1.54) is 6.07 Å². The third-order valence-electron chi connectivity index (χ3n) is 6.54. The zero-order chi connectivity index (χ0) is 23.8. The topological polar surface area (TPSA) is 81.4 Å². The largest absolute Gasteiger partial charge is 0.507 e. The summed E-state index contributed by atoms with van der Waals surface area (Å²) in [5.74, 6) is 1.43. The van der Waals surface area contributed by atoms with Crippen LogP contribution < -0.4 is 15.1 Å². The van der Waals surface area contributed by atoms with Gasteiger partial charge in [-0.3, -0.25) is 4.90 Å². The van der Waals surface area contributed by atoms with Gasteiger partial charge in [0.25, 0.3) is 0 Å². The third-order valence-corrected chi connectivity index (χ3v) is 6.54. The Balaban J connectivity index is 1.72. The highest BCUT2D eigenvalue weighted by Crippen LogP contribution is 2.42. The number of phenolic OH excluding ortho intramolecular Hbond substituents is 1. The van der Waals surface area contributed by atoms with E-state index < -0.39 is 5.63 Å². The number of ether oxygens (including phenoxy) is 3. The van der Waals surface area contributed by atoms with Crippen LogP contribution in [0.2, 0.25) is 0 Å². The summed E-state index contributed by atoms with van der Waals surface area (Å²) in [5, 5.41) is 13.7. The molecule has 0 saturated carbocycles. The van der Waals surface area contributed by atoms with E-state index in [1.54, 1.807) is 14.2 Å². The van der Waals surface area contributed by atoms with Gasteiger partial charge in [-0.25, -0.2) is 4.79 Å². The van der Waals surface area contributed by atoms with Gasteiger partial charge in [-0.05, 0) is 42.3 Å². The van der Waals surface area contributed by atoms with Crippen LogP contribution in [0.15, 0.2) is 57.7 Å². The van der Waals surface area contributed by atoms with E-state index in [0.29, 0.717) is 41.1 Å². The minimum Gasteiger partial charge on any atom is -0.507 e. The van der Waals surface area contributed by atoms with E-state index in [-0.39, 0.29) is 11.8 Å². The molecule has 4 aromatic rings. The summed E-state index contributed by atoms with van der Waals surface area (Å²) in [7, 11) is 3.22. The van der Waals surface area contributed by atoms with Gasteiger partial charge in [0.1, 0.15) is 11.3 Å². The molecule has 1 aliphatic rings. The predicted molar refractivity (Wildman–Crippen MR) is 130 cm³/mol. The highest BCUT2D eigenvalue weighted by molar-refractivity contribution is 6.07. The lowest BCUT2D eigenvalue weighted by molar-refractivity contribution is 0.0235. The molecule has 7 heteroatoms. The van der Waals surface area contributed by atoms with Gasteiger partial charge in [-0.15, -0.1) is 0 Å². The highest BCUT2D eigenvalue weighted by atomic mass is 16.5. The number of benzene rings is 3. The lowest BCUT2D eigenvalue weighted by atomic mass is 9.92. The van der Waals surface area contributed by atoms with Crippen molar-refractivity contribution >= 4 is 21.7 Å². The maximum absolute atomic E-state index is 12.0. The lowest BCUT2D eigenvalue weighted by Crippen LogP contribution is -2.39. The number of fused-ring (bicyclic) bond motifs is 3. The molecule has 1 N–H and O–H groups in total. The molecule has 0 bridgehead atoms. The fraction of sp³-hybridized carbons (Fsp3) is 0.296. The number of aryl methyl sites for hydroxylation is 1. The van der Waals surface area contributed by atoms with Crippen LogP contribution in [0.4, 0.5) is 0 Å². The first-order valence-electron chi connectivity index (χ1n) is 11.2. The van der Waals surface area contributed by atoms with Crippen LogP contribution in [-0.2, 0) is 4.74 Å². The molecule has 3 aromatic carbocycles. The number of hydrogen-bond donors (Lipinski definition) is 1. The highest BCUT2D eigenvalue weighted by Gasteiger charge is 2.28. The number of rotatable bonds is 5. The van der Waals surface area contributed by atoms with Gasteiger partial charge in [-0.1, -0.05) is 18.2 Å². The van der Waals surface area contributed by atoms with Crippen LogP contribution in [0.3, 0.4) is 0 Å². The van der Waals surface area contributed by atoms with Gasteiger partial charge >= 0.3 is 5.63 Å². The fourth-order valence-electron chi connectivity index (χ4n) is 4.85. The predicted octanol–water partition coefficient (Wildman–Crippen LogP) is 4.40. The molecule has 0 amide bonds. The summed E-state index contributed by atoms with van der Waals surface area (Å²) >= 11 is 0. The lowest BCUT2D eigenvalue weighted by Gasteiger charge is -2.35. The second-order valence-electron chi connectivity index (χ2n) is 8.45. The van der Waals surface area contributed by atoms with Crippen LogP contribution in [0.1, 0.15) is 22.7 Å². The monoisotopic (exact) mass is 461 g/mol. The summed E-state index contributed by atoms with van der Waals surface area (Å²) in [5.41, 5.74) is 2.65. The quantitative estimate of drug-likeness (QED) is 0.349. The molecule has 1 aliphatic heterocycles. The number of hydrogen-bond acceptors (Lipinski definition) is 7. The van der Waals surface area contributed by atoms with Crippen LogP contribution in [-0.4, -0.2) is 50.5 Å². The molecule has 1 aromatic heterocycles. The number of nitrogens with zero attached hydrogens (tertiary/aromatic N) is 1. The van der Waals surface area contributed by atoms with E-state index in [0.717, 1.165) is 35.2 Å². The third kappa shape index (κ3) is 3.77. The number of morpholine rings is 1. The van der Waals surface area contributed by atoms with Crippen molar-refractivity contribution in [1.29, 1.82) is 0 Å². The standard InChI is InChI=1S/C27H27NO6/c1-16-14-24(29)34-27-18(16)5-6-19-20(27)7-8-21(26(19)30)25(28-10-12-33-13-11-28)17-4-9-22(31-2)23(15-17)32-3/h4-9,14-15,25,30H,10-13H2,1-3H3/t25-/m1/s1. The van der Waals surface area contributed by atoms with E-state index in [4.69, 9.17) is 18.6 Å². The van der Waals surface area contributed by atoms with Crippen LogP contribution >= 0.6 is 0 Å². The average Bonchev–Trinajstić information content (AvgIpc) is 2.86. The van der Waals surface area contributed by atoms with Crippen LogP contribution in [0, 0.1) is 6.92 Å². The van der Waals surface area contributed by atoms with Crippen LogP contribution in [0.5, 0.6) is 17.2 Å². The molecular weight excluding hydrogens is 434 g/mol. The first-order valence-corrected chi connectivity index (χ1v) is 11.2. The normalized spacial score (nSPS) is 15.5. The molecule has 0 spiro atoms. The maximum atomic E-state index is 12.0. The molecule has 1 atom stereocenters. The first kappa shape index (κ1) is 22.3. The van der Waals surface area contributed by atoms with Crippen molar-refractivity contribution in [3.05, 3.63) is 75.6 Å². The van der Waals surface area contributed by atoms with Gasteiger partial charge in [0.15, 0.2) is 11.5 Å². The van der Waals surface area contributed by atoms with Gasteiger partial charge in [-0.2, -0.15) is 0 Å². The van der Waals surface area contributed by atoms with Gasteiger partial charge in [0.05, 0.1) is 33.5 Å². The Hall–Kier alpha value is -3.55. The molecule has 0 aliphatic carbocycles. The van der Waals surface area contributed by atoms with Crippen molar-refractivity contribution in [3.8, 4) is 17.2 Å². The molecule has 0 unspecified atom stereocenters. The zero-order valence-electron chi connectivity index (χ0n) is 19.5. The van der Waals surface area contributed by atoms with E-state index in [9.17, 15) is 9.90 Å². The molecule has 176 valence electrons. The molecule has 1 fully saturated rings. The summed E-state index contributed by atoms with van der Waals surface area (Å²) < 4.78 is 22.1. The molecule has 34 heavy (non-hydrogen) atoms. The summed E-state index contributed by atoms with van der Waals surface area (Å²) in [6.45, 7) is 4.57. The Morgan fingerprint density at radius 2 is 1.62 bits per heavy atom. The van der Waals surface area contributed by atoms with Gasteiger partial charge in [0, 0.05) is 40.9 Å². The van der Waals surface area contributed by atoms with Crippen molar-refractivity contribution in [2.75, 3.05) is 40.5 Å². The van der Waals surface area contributed by atoms with Crippen LogP contribution in [0.25, 0.3) is 21.7 Å². The second-order valence-corrected chi connectivity index (χ2v) is 8.45. The van der Waals surface area contributed by atoms with Crippen molar-refractivity contribution in [1.82, 2.24) is 4.90 Å². The fourth-order valence-corrected chi connectivity index (χ4v) is 4.85. The Bertz CT molecular complexity index is 1420. The Labute approximate surface area is 197 Å². The van der Waals surface area contributed by atoms with Crippen molar-refractivity contribution in [2.24, 2.45) is 0 Å². The first-order chi connectivity index (χ1) is 16.5. The number of aromatic hydroxyl groups is 1. The molecule has 7 nitrogen and oxygen atoms in total. The Morgan fingerprint density at radius 1 is 0.912 bits per heavy atom. The van der Waals surface area contributed by atoms with Gasteiger partial charge < -0.3 is 23.7 Å². The second kappa shape index (κ2) is 9.00. The molecular formula is C27H27NO6. The van der Waals surface area contributed by atoms with E-state index >= 15 is 0 Å². The SMILES string of the molecule is COc1ccc([C@H](c2ccc3c(ccc4c(C)cc(=O)oc43)c2O)N2CCOCC2)cc1OC. The summed E-state index contributed by atoms with van der Waals surface area (Å²) in [6.07, 6.45) is 0. The van der Waals surface area contributed by atoms with Crippen molar-refractivity contribution < 1.29 is 23.7 Å². The minimum absolute atomic E-state index is 0.162. The Morgan fingerprint density at radius 3 is 2.35 bits per heavy atom. The van der Waals surface area contributed by atoms with E-state index in [1.807, 2.05) is 49.4 Å². The molecule has 0 radical (unpaired) electrons. The molecule has 1 saturated heterocycles. The van der Waals surface area contributed by atoms with Gasteiger partial charge in [0.2, 0.25) is 0 Å². The number of phenols is 1. The van der Waals surface area contributed by atoms with E-state index in [2.05, 4.69) is 4.90 Å². The molecule has 2 heterocycles. The maximum Gasteiger partial charge on any atom is 0.336 e. The van der Waals surface area contributed by atoms with Crippen molar-refractivity contribution in [2.45, 2.75) is 13.0 Å². The summed E-state index contributed by atoms with van der Waals surface area (Å²) in [4.78, 5) is 14.3. The summed E-state index contributed by atoms with van der Waals surface area (Å²) in [6, 6.07) is 14.7. The number of methoxy groups -OCH3 is 2. The Kier molecular flexibility index (Phi) is 5.89. The smallest absolute Gasteiger partial charge is 0.336 e. The zero-order valence-corrected chi connectivity index (χ0v) is 19.5. The van der Waals surface area contributed by atoms with Crippen molar-refractivity contribution in [3.63, 3.8) is 0 Å². The minimum atomic E-state index is -0.405. The molecule has 5 rings (SSSR count).